The molecule has 0 aliphatic rings. The van der Waals surface area contributed by atoms with Crippen molar-refractivity contribution in [2.24, 2.45) is 0 Å². The SMILES string of the molecule is Cc1cnn(-c2ccc(C(=O)O)c([N+](=O)[O-])c2)c1. The Hall–Kier alpha value is -2.70. The Labute approximate surface area is 101 Å². The molecule has 0 aliphatic carbocycles. The van der Waals surface area contributed by atoms with Crippen LogP contribution in [0.4, 0.5) is 5.69 Å². The minimum atomic E-state index is -1.33. The average Bonchev–Trinajstić information content (AvgIpc) is 2.75. The van der Waals surface area contributed by atoms with Crippen molar-refractivity contribution >= 4 is 11.7 Å². The number of nitro benzene ring substituents is 1. The predicted molar refractivity (Wildman–Crippen MR) is 61.9 cm³/mol. The van der Waals surface area contributed by atoms with Crippen LogP contribution in [-0.2, 0) is 0 Å². The quantitative estimate of drug-likeness (QED) is 0.658. The number of carboxylic acid groups (broad SMARTS) is 1. The number of carboxylic acids is 1. The van der Waals surface area contributed by atoms with Crippen LogP contribution in [0.15, 0.2) is 30.6 Å². The van der Waals surface area contributed by atoms with Crippen LogP contribution in [0.5, 0.6) is 0 Å². The molecule has 2 aromatic rings. The van der Waals surface area contributed by atoms with Gasteiger partial charge in [-0.1, -0.05) is 0 Å². The summed E-state index contributed by atoms with van der Waals surface area (Å²) in [6.45, 7) is 1.84. The molecule has 0 spiro atoms. The molecule has 0 radical (unpaired) electrons. The van der Waals surface area contributed by atoms with E-state index in [1.165, 1.54) is 22.9 Å². The van der Waals surface area contributed by atoms with Crippen LogP contribution in [0.1, 0.15) is 15.9 Å². The van der Waals surface area contributed by atoms with E-state index in [-0.39, 0.29) is 5.56 Å². The van der Waals surface area contributed by atoms with Crippen molar-refractivity contribution < 1.29 is 14.8 Å². The molecule has 0 atom stereocenters. The van der Waals surface area contributed by atoms with E-state index in [2.05, 4.69) is 5.10 Å². The third-order valence-electron chi connectivity index (χ3n) is 2.38. The van der Waals surface area contributed by atoms with Crippen LogP contribution >= 0.6 is 0 Å². The van der Waals surface area contributed by atoms with Gasteiger partial charge in [0.05, 0.1) is 16.8 Å². The Bertz CT molecular complexity index is 633. The van der Waals surface area contributed by atoms with Gasteiger partial charge in [-0.05, 0) is 24.6 Å². The van der Waals surface area contributed by atoms with Crippen molar-refractivity contribution in [2.45, 2.75) is 6.92 Å². The highest BCUT2D eigenvalue weighted by molar-refractivity contribution is 5.92. The highest BCUT2D eigenvalue weighted by atomic mass is 16.6. The summed E-state index contributed by atoms with van der Waals surface area (Å²) in [5, 5.41) is 23.7. The van der Waals surface area contributed by atoms with Crippen LogP contribution in [0.2, 0.25) is 0 Å². The van der Waals surface area contributed by atoms with Gasteiger partial charge >= 0.3 is 5.97 Å². The Morgan fingerprint density at radius 3 is 2.72 bits per heavy atom. The van der Waals surface area contributed by atoms with Gasteiger partial charge in [0.1, 0.15) is 5.56 Å². The lowest BCUT2D eigenvalue weighted by molar-refractivity contribution is -0.385. The summed E-state index contributed by atoms with van der Waals surface area (Å²) in [5.74, 6) is -1.33. The van der Waals surface area contributed by atoms with E-state index in [1.54, 1.807) is 12.4 Å². The fraction of sp³-hybridized carbons (Fsp3) is 0.0909. The standard InChI is InChI=1S/C11H9N3O4/c1-7-5-12-13(6-7)8-2-3-9(11(15)16)10(4-8)14(17)18/h2-6H,1H3,(H,15,16). The summed E-state index contributed by atoms with van der Waals surface area (Å²) >= 11 is 0. The number of benzene rings is 1. The summed E-state index contributed by atoms with van der Waals surface area (Å²) in [4.78, 5) is 21.0. The predicted octanol–water partition coefficient (Wildman–Crippen LogP) is 1.79. The molecule has 0 unspecified atom stereocenters. The molecule has 1 N–H and O–H groups in total. The van der Waals surface area contributed by atoms with Gasteiger partial charge < -0.3 is 5.11 Å². The lowest BCUT2D eigenvalue weighted by Gasteiger charge is -2.03. The Morgan fingerprint density at radius 1 is 1.50 bits per heavy atom. The van der Waals surface area contributed by atoms with Crippen molar-refractivity contribution in [1.29, 1.82) is 0 Å². The molecule has 0 fully saturated rings. The van der Waals surface area contributed by atoms with Crippen LogP contribution in [0.3, 0.4) is 0 Å². The molecule has 18 heavy (non-hydrogen) atoms. The lowest BCUT2D eigenvalue weighted by Crippen LogP contribution is -2.04. The number of hydrogen-bond donors (Lipinski definition) is 1. The van der Waals surface area contributed by atoms with Gasteiger partial charge in [-0.15, -0.1) is 0 Å². The summed E-state index contributed by atoms with van der Waals surface area (Å²) in [7, 11) is 0. The molecule has 0 aliphatic heterocycles. The zero-order valence-electron chi connectivity index (χ0n) is 9.40. The molecule has 7 nitrogen and oxygen atoms in total. The van der Waals surface area contributed by atoms with E-state index < -0.39 is 16.6 Å². The van der Waals surface area contributed by atoms with Gasteiger partial charge in [-0.2, -0.15) is 5.10 Å². The lowest BCUT2D eigenvalue weighted by atomic mass is 10.1. The van der Waals surface area contributed by atoms with Crippen LogP contribution in [0, 0.1) is 17.0 Å². The molecule has 0 saturated heterocycles. The second-order valence-electron chi connectivity index (χ2n) is 3.73. The number of aromatic nitrogens is 2. The molecule has 1 aromatic carbocycles. The van der Waals surface area contributed by atoms with Gasteiger partial charge in [0.25, 0.3) is 5.69 Å². The zero-order valence-corrected chi connectivity index (χ0v) is 9.40. The van der Waals surface area contributed by atoms with E-state index in [9.17, 15) is 14.9 Å². The first kappa shape index (κ1) is 11.8. The van der Waals surface area contributed by atoms with Crippen molar-refractivity contribution in [3.05, 3.63) is 51.8 Å². The van der Waals surface area contributed by atoms with Crippen molar-refractivity contribution in [2.75, 3.05) is 0 Å². The van der Waals surface area contributed by atoms with Crippen LogP contribution in [-0.4, -0.2) is 25.8 Å². The highest BCUT2D eigenvalue weighted by Gasteiger charge is 2.20. The van der Waals surface area contributed by atoms with E-state index in [4.69, 9.17) is 5.11 Å². The number of aryl methyl sites for hydroxylation is 1. The first-order valence-corrected chi connectivity index (χ1v) is 5.02. The molecule has 7 heteroatoms. The van der Waals surface area contributed by atoms with Crippen LogP contribution < -0.4 is 0 Å². The first-order chi connectivity index (χ1) is 8.49. The summed E-state index contributed by atoms with van der Waals surface area (Å²) in [5.41, 5.74) is 0.556. The maximum absolute atomic E-state index is 10.9. The molecular formula is C11H9N3O4. The minimum Gasteiger partial charge on any atom is -0.477 e. The fourth-order valence-electron chi connectivity index (χ4n) is 1.55. The normalized spacial score (nSPS) is 10.3. The summed E-state index contributed by atoms with van der Waals surface area (Å²) in [6, 6.07) is 3.87. The third kappa shape index (κ3) is 2.05. The van der Waals surface area contributed by atoms with Crippen LogP contribution in [0.25, 0.3) is 5.69 Å². The first-order valence-electron chi connectivity index (χ1n) is 5.02. The second-order valence-corrected chi connectivity index (χ2v) is 3.73. The highest BCUT2D eigenvalue weighted by Crippen LogP contribution is 2.22. The molecule has 0 bridgehead atoms. The molecule has 1 aromatic heterocycles. The number of nitrogens with zero attached hydrogens (tertiary/aromatic N) is 3. The number of hydrogen-bond acceptors (Lipinski definition) is 4. The molecule has 2 rings (SSSR count). The average molecular weight is 247 g/mol. The largest absolute Gasteiger partial charge is 0.477 e. The van der Waals surface area contributed by atoms with Gasteiger partial charge in [0, 0.05) is 12.3 Å². The van der Waals surface area contributed by atoms with Gasteiger partial charge in [-0.25, -0.2) is 9.48 Å². The number of aromatic carboxylic acids is 1. The van der Waals surface area contributed by atoms with Gasteiger partial charge in [0.2, 0.25) is 0 Å². The topological polar surface area (TPSA) is 98.3 Å². The van der Waals surface area contributed by atoms with Gasteiger partial charge in [0.15, 0.2) is 0 Å². The number of nitro groups is 1. The zero-order chi connectivity index (χ0) is 13.3. The summed E-state index contributed by atoms with van der Waals surface area (Å²) < 4.78 is 1.45. The molecule has 0 saturated carbocycles. The number of carbonyl (C=O) groups is 1. The van der Waals surface area contributed by atoms with Crippen molar-refractivity contribution in [3.63, 3.8) is 0 Å². The fourth-order valence-corrected chi connectivity index (χ4v) is 1.55. The minimum absolute atomic E-state index is 0.340. The summed E-state index contributed by atoms with van der Waals surface area (Å²) in [6.07, 6.45) is 3.30. The Balaban J connectivity index is 2.56. The van der Waals surface area contributed by atoms with E-state index >= 15 is 0 Å². The van der Waals surface area contributed by atoms with E-state index in [1.807, 2.05) is 6.92 Å². The Morgan fingerprint density at radius 2 is 2.22 bits per heavy atom. The van der Waals surface area contributed by atoms with Crippen molar-refractivity contribution in [1.82, 2.24) is 9.78 Å². The van der Waals surface area contributed by atoms with Crippen molar-refractivity contribution in [3.8, 4) is 5.69 Å². The number of rotatable bonds is 3. The van der Waals surface area contributed by atoms with E-state index in [0.29, 0.717) is 5.69 Å². The third-order valence-corrected chi connectivity index (χ3v) is 2.38. The molecule has 1 heterocycles. The molecular weight excluding hydrogens is 238 g/mol. The Kier molecular flexibility index (Phi) is 2.80. The maximum atomic E-state index is 10.9. The molecule has 92 valence electrons. The monoisotopic (exact) mass is 247 g/mol. The molecule has 0 amide bonds. The van der Waals surface area contributed by atoms with Gasteiger partial charge in [-0.3, -0.25) is 10.1 Å². The smallest absolute Gasteiger partial charge is 0.342 e. The van der Waals surface area contributed by atoms with E-state index in [0.717, 1.165) is 5.56 Å². The second kappa shape index (κ2) is 4.28. The maximum Gasteiger partial charge on any atom is 0.342 e.